The Morgan fingerprint density at radius 3 is 2.72 bits per heavy atom. The number of ether oxygens (including phenoxy) is 2. The van der Waals surface area contributed by atoms with E-state index in [2.05, 4.69) is 27.1 Å². The van der Waals surface area contributed by atoms with Gasteiger partial charge in [-0.25, -0.2) is 4.68 Å². The molecule has 1 aliphatic heterocycles. The third kappa shape index (κ3) is 3.26. The fraction of sp³-hybridized carbons (Fsp3) is 0.182. The predicted molar refractivity (Wildman–Crippen MR) is 113 cm³/mol. The molecule has 0 unspecified atom stereocenters. The second kappa shape index (κ2) is 7.64. The Kier molecular flexibility index (Phi) is 5.03. The van der Waals surface area contributed by atoms with Gasteiger partial charge in [0.25, 0.3) is 0 Å². The van der Waals surface area contributed by atoms with Crippen molar-refractivity contribution in [1.82, 2.24) is 9.78 Å². The summed E-state index contributed by atoms with van der Waals surface area (Å²) in [4.78, 5) is 0. The predicted octanol–water partition coefficient (Wildman–Crippen LogP) is 4.56. The smallest absolute Gasteiger partial charge is 0.229 e. The van der Waals surface area contributed by atoms with Crippen LogP contribution in [0.5, 0.6) is 11.6 Å². The first-order valence-electron chi connectivity index (χ1n) is 9.19. The van der Waals surface area contributed by atoms with Crippen LogP contribution in [0.2, 0.25) is 0 Å². The minimum atomic E-state index is -0.444. The van der Waals surface area contributed by atoms with Gasteiger partial charge in [-0.05, 0) is 44.2 Å². The number of hydrogen-bond donors (Lipinski definition) is 1. The summed E-state index contributed by atoms with van der Waals surface area (Å²) in [7, 11) is 0. The van der Waals surface area contributed by atoms with E-state index in [9.17, 15) is 5.26 Å². The Bertz CT molecular complexity index is 1150. The summed E-state index contributed by atoms with van der Waals surface area (Å²) in [6.07, 6.45) is 0. The van der Waals surface area contributed by atoms with Crippen molar-refractivity contribution in [2.75, 3.05) is 6.61 Å². The van der Waals surface area contributed by atoms with Gasteiger partial charge in [0.1, 0.15) is 17.4 Å². The fourth-order valence-corrected chi connectivity index (χ4v) is 3.98. The largest absolute Gasteiger partial charge is 0.494 e. The zero-order valence-corrected chi connectivity index (χ0v) is 17.6. The van der Waals surface area contributed by atoms with E-state index in [4.69, 9.17) is 15.2 Å². The average molecular weight is 451 g/mol. The van der Waals surface area contributed by atoms with E-state index in [1.165, 1.54) is 0 Å². The van der Waals surface area contributed by atoms with Crippen molar-refractivity contribution in [3.63, 3.8) is 0 Å². The summed E-state index contributed by atoms with van der Waals surface area (Å²) in [5, 5.41) is 14.6. The molecule has 4 rings (SSSR count). The quantitative estimate of drug-likeness (QED) is 0.629. The molecule has 29 heavy (non-hydrogen) atoms. The van der Waals surface area contributed by atoms with Crippen LogP contribution < -0.4 is 15.2 Å². The third-order valence-corrected chi connectivity index (χ3v) is 5.31. The number of halogens is 1. The first kappa shape index (κ1) is 19.1. The van der Waals surface area contributed by atoms with E-state index >= 15 is 0 Å². The molecule has 0 fully saturated rings. The molecule has 0 spiro atoms. The Balaban J connectivity index is 1.99. The van der Waals surface area contributed by atoms with E-state index in [1.54, 1.807) is 4.68 Å². The number of nitriles is 1. The molecule has 2 N–H and O–H groups in total. The van der Waals surface area contributed by atoms with Gasteiger partial charge in [-0.2, -0.15) is 10.4 Å². The molecule has 2 aromatic carbocycles. The molecule has 146 valence electrons. The van der Waals surface area contributed by atoms with Gasteiger partial charge < -0.3 is 15.2 Å². The maximum absolute atomic E-state index is 9.88. The monoisotopic (exact) mass is 450 g/mol. The van der Waals surface area contributed by atoms with Crippen LogP contribution in [0.15, 0.2) is 64.5 Å². The highest BCUT2D eigenvalue weighted by molar-refractivity contribution is 9.10. The molecule has 1 atom stereocenters. The van der Waals surface area contributed by atoms with Gasteiger partial charge >= 0.3 is 0 Å². The van der Waals surface area contributed by atoms with Crippen LogP contribution in [0.1, 0.15) is 29.7 Å². The fourth-order valence-electron chi connectivity index (χ4n) is 3.60. The van der Waals surface area contributed by atoms with Crippen molar-refractivity contribution in [2.45, 2.75) is 19.8 Å². The Morgan fingerprint density at radius 2 is 2.03 bits per heavy atom. The van der Waals surface area contributed by atoms with Gasteiger partial charge in [-0.3, -0.25) is 0 Å². The zero-order chi connectivity index (χ0) is 20.5. The summed E-state index contributed by atoms with van der Waals surface area (Å²) < 4.78 is 14.4. The summed E-state index contributed by atoms with van der Waals surface area (Å²) in [6, 6.07) is 17.7. The highest BCUT2D eigenvalue weighted by atomic mass is 79.9. The van der Waals surface area contributed by atoms with Crippen molar-refractivity contribution in [1.29, 1.82) is 5.26 Å². The Morgan fingerprint density at radius 1 is 1.28 bits per heavy atom. The number of fused-ring (bicyclic) bond motifs is 1. The molecule has 0 saturated heterocycles. The molecule has 0 radical (unpaired) electrons. The van der Waals surface area contributed by atoms with E-state index < -0.39 is 5.92 Å². The van der Waals surface area contributed by atoms with Gasteiger partial charge in [0.15, 0.2) is 0 Å². The molecular weight excluding hydrogens is 432 g/mol. The van der Waals surface area contributed by atoms with Gasteiger partial charge in [-0.15, -0.1) is 0 Å². The minimum Gasteiger partial charge on any atom is -0.494 e. The normalized spacial score (nSPS) is 15.4. The number of benzene rings is 2. The summed E-state index contributed by atoms with van der Waals surface area (Å²) in [5.74, 6) is 0.836. The van der Waals surface area contributed by atoms with Crippen LogP contribution in [0, 0.1) is 18.3 Å². The van der Waals surface area contributed by atoms with Crippen LogP contribution in [0.3, 0.4) is 0 Å². The van der Waals surface area contributed by atoms with E-state index in [0.717, 1.165) is 27.0 Å². The third-order valence-electron chi connectivity index (χ3n) is 4.82. The summed E-state index contributed by atoms with van der Waals surface area (Å²) in [6.45, 7) is 4.34. The molecule has 6 nitrogen and oxygen atoms in total. The Labute approximate surface area is 177 Å². The second-order valence-electron chi connectivity index (χ2n) is 6.59. The number of rotatable bonds is 4. The van der Waals surface area contributed by atoms with Crippen LogP contribution in [-0.4, -0.2) is 16.4 Å². The molecule has 0 bridgehead atoms. The topological polar surface area (TPSA) is 86.1 Å². The highest BCUT2D eigenvalue weighted by Crippen LogP contribution is 2.47. The van der Waals surface area contributed by atoms with Crippen molar-refractivity contribution in [2.24, 2.45) is 5.73 Å². The molecule has 1 aliphatic rings. The van der Waals surface area contributed by atoms with Gasteiger partial charge in [0.05, 0.1) is 29.5 Å². The molecule has 0 saturated carbocycles. The number of hydrogen-bond acceptors (Lipinski definition) is 5. The molecule has 3 aromatic rings. The van der Waals surface area contributed by atoms with Crippen LogP contribution in [-0.2, 0) is 0 Å². The number of allylic oxidation sites excluding steroid dienone is 1. The molecule has 0 aliphatic carbocycles. The lowest BCUT2D eigenvalue weighted by atomic mass is 9.83. The Hall–Kier alpha value is -3.24. The molecule has 0 amide bonds. The SMILES string of the molecule is CCOc1ccc(Br)cc1[C@@H]1C(C#N)=C(N)Oc2c1c(C)nn2-c1ccccc1. The summed E-state index contributed by atoms with van der Waals surface area (Å²) >= 11 is 3.53. The molecule has 2 heterocycles. The number of para-hydroxylation sites is 1. The lowest BCUT2D eigenvalue weighted by Gasteiger charge is -2.26. The van der Waals surface area contributed by atoms with Crippen molar-refractivity contribution < 1.29 is 9.47 Å². The molecule has 7 heteroatoms. The number of aryl methyl sites for hydroxylation is 1. The van der Waals surface area contributed by atoms with Crippen molar-refractivity contribution >= 4 is 15.9 Å². The van der Waals surface area contributed by atoms with Crippen LogP contribution in [0.4, 0.5) is 0 Å². The number of nitrogens with zero attached hydrogens (tertiary/aromatic N) is 3. The molecule has 1 aromatic heterocycles. The average Bonchev–Trinajstić information content (AvgIpc) is 3.05. The number of aromatic nitrogens is 2. The van der Waals surface area contributed by atoms with Crippen molar-refractivity contribution in [3.8, 4) is 23.4 Å². The second-order valence-corrected chi connectivity index (χ2v) is 7.51. The maximum Gasteiger partial charge on any atom is 0.229 e. The summed E-state index contributed by atoms with van der Waals surface area (Å²) in [5.41, 5.74) is 9.78. The first-order chi connectivity index (χ1) is 14.0. The van der Waals surface area contributed by atoms with E-state index in [0.29, 0.717) is 23.8 Å². The minimum absolute atomic E-state index is 0.0736. The standard InChI is InChI=1S/C22H19BrN4O2/c1-3-28-18-10-9-14(23)11-16(18)20-17(12-24)21(25)29-22-19(20)13(2)26-27(22)15-7-5-4-6-8-15/h4-11,20H,3,25H2,1-2H3/t20-/m1/s1. The maximum atomic E-state index is 9.88. The zero-order valence-electron chi connectivity index (χ0n) is 16.0. The van der Waals surface area contributed by atoms with Gasteiger partial charge in [-0.1, -0.05) is 34.1 Å². The van der Waals surface area contributed by atoms with Crippen molar-refractivity contribution in [3.05, 3.63) is 81.3 Å². The first-order valence-corrected chi connectivity index (χ1v) is 9.99. The molecular formula is C22H19BrN4O2. The lowest BCUT2D eigenvalue weighted by Crippen LogP contribution is -2.22. The highest BCUT2D eigenvalue weighted by Gasteiger charge is 2.37. The van der Waals surface area contributed by atoms with E-state index in [-0.39, 0.29) is 5.88 Å². The van der Waals surface area contributed by atoms with Gasteiger partial charge in [0.2, 0.25) is 11.8 Å². The van der Waals surface area contributed by atoms with Crippen LogP contribution >= 0.6 is 15.9 Å². The van der Waals surface area contributed by atoms with E-state index in [1.807, 2.05) is 62.4 Å². The van der Waals surface area contributed by atoms with Gasteiger partial charge in [0, 0.05) is 10.0 Å². The number of nitrogens with two attached hydrogens (primary N) is 1. The lowest BCUT2D eigenvalue weighted by molar-refractivity contribution is 0.333. The van der Waals surface area contributed by atoms with Crippen LogP contribution in [0.25, 0.3) is 5.69 Å².